The Hall–Kier alpha value is -2.62. The average Bonchev–Trinajstić information content (AvgIpc) is 2.83. The van der Waals surface area contributed by atoms with Gasteiger partial charge in [-0.05, 0) is 98.9 Å². The second-order valence-electron chi connectivity index (χ2n) is 10.2. The van der Waals surface area contributed by atoms with Crippen LogP contribution in [0.25, 0.3) is 0 Å². The van der Waals surface area contributed by atoms with Gasteiger partial charge in [-0.2, -0.15) is 0 Å². The molecule has 0 nitrogen and oxygen atoms in total. The molecule has 1 aliphatic rings. The normalized spacial score (nSPS) is 14.8. The van der Waals surface area contributed by atoms with E-state index in [1.807, 2.05) is 26.0 Å². The van der Waals surface area contributed by atoms with Crippen LogP contribution >= 0.6 is 0 Å². The molecule has 1 saturated carbocycles. The highest BCUT2D eigenvalue weighted by molar-refractivity contribution is 5.24. The van der Waals surface area contributed by atoms with Crippen molar-refractivity contribution in [1.82, 2.24) is 0 Å². The molecule has 0 atom stereocenters. The van der Waals surface area contributed by atoms with E-state index in [-0.39, 0.29) is 42.8 Å². The third-order valence-corrected chi connectivity index (χ3v) is 6.43. The number of hydrogen-bond acceptors (Lipinski definition) is 0. The molecule has 0 radical (unpaired) electrons. The molecule has 0 unspecified atom stereocenters. The Balaban J connectivity index is -0.000000135. The molecule has 0 amide bonds. The van der Waals surface area contributed by atoms with Gasteiger partial charge in [0.1, 0.15) is 11.6 Å². The molecule has 0 saturated heterocycles. The molecular weight excluding hydrogens is 508 g/mol. The molecule has 4 rings (SSSR count). The fraction of sp³-hybridized carbons (Fsp3) is 0.500. The van der Waals surface area contributed by atoms with Crippen LogP contribution in [0.5, 0.6) is 0 Å². The molecule has 1 aliphatic carbocycles. The predicted octanol–water partition coefficient (Wildman–Crippen LogP) is 13.1. The van der Waals surface area contributed by atoms with Gasteiger partial charge < -0.3 is 0 Å². The minimum Gasteiger partial charge on any atom is -0.207 e. The molecule has 0 heterocycles. The smallest absolute Gasteiger partial charge is 0.161 e. The van der Waals surface area contributed by atoms with E-state index in [2.05, 4.69) is 13.8 Å². The molecule has 0 aromatic heterocycles. The van der Waals surface area contributed by atoms with Crippen molar-refractivity contribution in [3.63, 3.8) is 0 Å². The van der Waals surface area contributed by atoms with Crippen molar-refractivity contribution in [2.24, 2.45) is 11.8 Å². The second-order valence-corrected chi connectivity index (χ2v) is 10.2. The van der Waals surface area contributed by atoms with E-state index in [0.29, 0.717) is 22.3 Å². The summed E-state index contributed by atoms with van der Waals surface area (Å²) in [5.74, 6) is 0.336. The maximum absolute atomic E-state index is 12.6. The van der Waals surface area contributed by atoms with Gasteiger partial charge in [-0.15, -0.1) is 0 Å². The first-order valence-corrected chi connectivity index (χ1v) is 12.7. The van der Waals surface area contributed by atoms with Crippen molar-refractivity contribution in [3.05, 3.63) is 105 Å². The van der Waals surface area contributed by atoms with Gasteiger partial charge in [0, 0.05) is 1.43 Å². The lowest BCUT2D eigenvalue weighted by molar-refractivity contribution is 0.308. The van der Waals surface area contributed by atoms with E-state index in [0.717, 1.165) is 23.0 Å². The zero-order chi connectivity index (χ0) is 27.4. The van der Waals surface area contributed by atoms with Gasteiger partial charge in [0.2, 0.25) is 0 Å². The monoisotopic (exact) mass is 568 g/mol. The third kappa shape index (κ3) is 16.5. The van der Waals surface area contributed by atoms with Gasteiger partial charge in [-0.25, -0.2) is 17.6 Å². The number of rotatable bonds is 0. The minimum atomic E-state index is -0.736. The zero-order valence-electron chi connectivity index (χ0n) is 23.1. The van der Waals surface area contributed by atoms with Gasteiger partial charge in [-0.3, -0.25) is 0 Å². The number of halogens is 4. The summed E-state index contributed by atoms with van der Waals surface area (Å²) in [7, 11) is 0. The summed E-state index contributed by atoms with van der Waals surface area (Å²) in [5.41, 5.74) is 4.06. The Morgan fingerprint density at radius 2 is 0.725 bits per heavy atom. The lowest BCUT2D eigenvalue weighted by Gasteiger charge is -2.22. The molecule has 0 bridgehead atoms. The topological polar surface area (TPSA) is 0 Å². The molecule has 0 N–H and O–H groups in total. The predicted molar refractivity (Wildman–Crippen MR) is 173 cm³/mol. The largest absolute Gasteiger partial charge is 0.207 e. The van der Waals surface area contributed by atoms with E-state index >= 15 is 0 Å². The minimum absolute atomic E-state index is 0. The van der Waals surface area contributed by atoms with Crippen LogP contribution in [0.15, 0.2) is 48.5 Å². The van der Waals surface area contributed by atoms with Crippen LogP contribution in [0.1, 0.15) is 104 Å². The van der Waals surface area contributed by atoms with Crippen molar-refractivity contribution in [3.8, 4) is 0 Å². The van der Waals surface area contributed by atoms with Gasteiger partial charge in [-0.1, -0.05) is 106 Å². The Morgan fingerprint density at radius 1 is 0.475 bits per heavy atom. The molecular formula is C36H60F4. The molecule has 3 aromatic rings. The lowest BCUT2D eigenvalue weighted by Crippen LogP contribution is -2.08. The molecule has 0 spiro atoms. The SMILES string of the molecule is C.C.C.C.CC1CCC(C)CC1.Cc1ccc(C)c(F)c1.Cc1ccc(C)c(F)c1.Cc1ccc(C)c(F)c1F.[HH]. The molecule has 232 valence electrons. The summed E-state index contributed by atoms with van der Waals surface area (Å²) in [5, 5.41) is 0. The van der Waals surface area contributed by atoms with E-state index in [1.165, 1.54) is 51.7 Å². The highest BCUT2D eigenvalue weighted by Gasteiger charge is 2.13. The van der Waals surface area contributed by atoms with Crippen molar-refractivity contribution in [1.29, 1.82) is 0 Å². The van der Waals surface area contributed by atoms with Crippen molar-refractivity contribution < 1.29 is 19.0 Å². The van der Waals surface area contributed by atoms with Gasteiger partial charge >= 0.3 is 0 Å². The Labute approximate surface area is 246 Å². The van der Waals surface area contributed by atoms with Crippen LogP contribution in [-0.4, -0.2) is 0 Å². The molecule has 1 fully saturated rings. The second kappa shape index (κ2) is 22.1. The first kappa shape index (κ1) is 44.4. The maximum atomic E-state index is 12.6. The van der Waals surface area contributed by atoms with E-state index in [1.54, 1.807) is 38.1 Å². The molecule has 4 heteroatoms. The highest BCUT2D eigenvalue weighted by atomic mass is 19.2. The standard InChI is InChI=1S/C8H8F2.2C8H9F.C8H16.4CH4.H2/c1-5-3-4-6(2)8(10)7(5)9;2*1-6-3-4-7(2)8(9)5-6;1-7-3-5-8(2)6-4-7;;;;;/h3-4H,1-2H3;2*3-5H,1-2H3;7-8H,3-6H2,1-2H3;4*1H4;1H. The summed E-state index contributed by atoms with van der Waals surface area (Å²) in [6.45, 7) is 15.1. The average molecular weight is 569 g/mol. The maximum Gasteiger partial charge on any atom is 0.161 e. The molecule has 0 aliphatic heterocycles. The highest BCUT2D eigenvalue weighted by Crippen LogP contribution is 2.27. The first-order valence-electron chi connectivity index (χ1n) is 12.7. The van der Waals surface area contributed by atoms with Crippen LogP contribution in [0.2, 0.25) is 0 Å². The Morgan fingerprint density at radius 3 is 0.950 bits per heavy atom. The van der Waals surface area contributed by atoms with E-state index in [9.17, 15) is 17.6 Å². The molecule has 40 heavy (non-hydrogen) atoms. The van der Waals surface area contributed by atoms with Gasteiger partial charge in [0.25, 0.3) is 0 Å². The quantitative estimate of drug-likeness (QED) is 0.237. The van der Waals surface area contributed by atoms with Crippen molar-refractivity contribution in [2.75, 3.05) is 0 Å². The lowest BCUT2D eigenvalue weighted by atomic mass is 9.84. The number of aryl methyl sites for hydroxylation is 6. The summed E-state index contributed by atoms with van der Waals surface area (Å²) in [6.07, 6.45) is 5.89. The number of benzene rings is 3. The van der Waals surface area contributed by atoms with Crippen LogP contribution in [-0.2, 0) is 0 Å². The fourth-order valence-corrected chi connectivity index (χ4v) is 3.57. The first-order chi connectivity index (χ1) is 16.8. The molecule has 3 aromatic carbocycles. The van der Waals surface area contributed by atoms with Gasteiger partial charge in [0.15, 0.2) is 11.6 Å². The zero-order valence-corrected chi connectivity index (χ0v) is 23.1. The van der Waals surface area contributed by atoms with Crippen LogP contribution < -0.4 is 0 Å². The van der Waals surface area contributed by atoms with E-state index in [4.69, 9.17) is 0 Å². The summed E-state index contributed by atoms with van der Waals surface area (Å²) in [4.78, 5) is 0. The van der Waals surface area contributed by atoms with Crippen molar-refractivity contribution in [2.45, 2.75) is 111 Å². The summed E-state index contributed by atoms with van der Waals surface area (Å²) < 4.78 is 50.4. The van der Waals surface area contributed by atoms with Crippen LogP contribution in [0.3, 0.4) is 0 Å². The van der Waals surface area contributed by atoms with Gasteiger partial charge in [0.05, 0.1) is 0 Å². The Bertz CT molecular complexity index is 1000. The van der Waals surface area contributed by atoms with Crippen LogP contribution in [0.4, 0.5) is 17.6 Å². The Kier molecular flexibility index (Phi) is 24.5. The van der Waals surface area contributed by atoms with Crippen LogP contribution in [0, 0.1) is 76.6 Å². The number of hydrogen-bond donors (Lipinski definition) is 0. The summed E-state index contributed by atoms with van der Waals surface area (Å²) >= 11 is 0. The fourth-order valence-electron chi connectivity index (χ4n) is 3.57. The van der Waals surface area contributed by atoms with E-state index < -0.39 is 11.6 Å². The van der Waals surface area contributed by atoms with Crippen molar-refractivity contribution >= 4 is 0 Å². The summed E-state index contributed by atoms with van der Waals surface area (Å²) in [6, 6.07) is 13.6. The third-order valence-electron chi connectivity index (χ3n) is 6.43.